The number of nitrogens with zero attached hydrogens (tertiary/aromatic N) is 3. The second-order valence-electron chi connectivity index (χ2n) is 9.71. The Morgan fingerprint density at radius 3 is 2.35 bits per heavy atom. The van der Waals surface area contributed by atoms with E-state index in [1.165, 1.54) is 5.56 Å². The van der Waals surface area contributed by atoms with E-state index in [2.05, 4.69) is 76.3 Å². The van der Waals surface area contributed by atoms with Gasteiger partial charge in [0.1, 0.15) is 0 Å². The van der Waals surface area contributed by atoms with E-state index in [-0.39, 0.29) is 5.56 Å². The second kappa shape index (κ2) is 11.4. The number of hydrogen-bond acceptors (Lipinski definition) is 6. The molecule has 2 N–H and O–H groups in total. The molecule has 5 rings (SSSR count). The summed E-state index contributed by atoms with van der Waals surface area (Å²) < 4.78 is 8.72. The van der Waals surface area contributed by atoms with Crippen molar-refractivity contribution in [3.8, 4) is 11.5 Å². The van der Waals surface area contributed by atoms with Crippen molar-refractivity contribution in [3.63, 3.8) is 0 Å². The second-order valence-corrected chi connectivity index (χ2v) is 13.0. The van der Waals surface area contributed by atoms with Crippen LogP contribution in [0.2, 0.25) is 0 Å². The van der Waals surface area contributed by atoms with E-state index < -0.39 is 15.8 Å². The van der Waals surface area contributed by atoms with Gasteiger partial charge in [-0.1, -0.05) is 0 Å². The molecule has 3 heterocycles. The third-order valence-electron chi connectivity index (χ3n) is 6.58. The molecule has 0 aliphatic carbocycles. The van der Waals surface area contributed by atoms with Crippen LogP contribution < -0.4 is 24.4 Å². The van der Waals surface area contributed by atoms with E-state index in [0.717, 1.165) is 50.7 Å². The Kier molecular flexibility index (Phi) is 7.98. The summed E-state index contributed by atoms with van der Waals surface area (Å²) in [7, 11) is 2.15. The first-order chi connectivity index (χ1) is 17.9. The monoisotopic (exact) mass is 622 g/mol. The number of hydrogen-bond donors (Lipinski definition) is 2. The average Bonchev–Trinajstić information content (AvgIpc) is 2.89. The van der Waals surface area contributed by atoms with Gasteiger partial charge < -0.3 is 0 Å². The van der Waals surface area contributed by atoms with Crippen LogP contribution in [0.25, 0.3) is 10.9 Å². The molecule has 1 radical (unpaired) electrons. The standard InChI is InChI=1S/C28H30AsBrN5O2/c1-17(2)18-4-8-21(9-5-18)37-22-10-6-19(7-11-22)29-26-24-25(23(30)16-31-27(24)36)33-28(34-26)32-20-12-14-35(3)15-13-20/h4-11,16-17,20H,12-15H2,1-3H3,(H,31,36)(H,32,33,34). The molecule has 0 saturated carbocycles. The number of likely N-dealkylation sites (tertiary alicyclic amines) is 1. The van der Waals surface area contributed by atoms with Crippen molar-refractivity contribution in [2.45, 2.75) is 38.6 Å². The number of nitrogens with one attached hydrogen (secondary N) is 2. The molecule has 7 nitrogen and oxygen atoms in total. The number of piperidine rings is 1. The van der Waals surface area contributed by atoms with Crippen molar-refractivity contribution in [3.05, 3.63) is 75.1 Å². The third-order valence-corrected chi connectivity index (χ3v) is 9.47. The van der Waals surface area contributed by atoms with Gasteiger partial charge in [-0.3, -0.25) is 0 Å². The summed E-state index contributed by atoms with van der Waals surface area (Å²) in [6.45, 7) is 6.45. The first-order valence-electron chi connectivity index (χ1n) is 12.5. The van der Waals surface area contributed by atoms with Crippen molar-refractivity contribution in [2.75, 3.05) is 25.5 Å². The molecule has 2 aromatic heterocycles. The summed E-state index contributed by atoms with van der Waals surface area (Å²) in [6, 6.07) is 16.6. The first kappa shape index (κ1) is 26.0. The number of halogens is 1. The van der Waals surface area contributed by atoms with Gasteiger partial charge in [-0.2, -0.15) is 0 Å². The molecule has 1 aliphatic heterocycles. The van der Waals surface area contributed by atoms with E-state index in [1.807, 2.05) is 24.3 Å². The van der Waals surface area contributed by atoms with Crippen molar-refractivity contribution in [1.82, 2.24) is 19.9 Å². The Morgan fingerprint density at radius 1 is 1.05 bits per heavy atom. The average molecular weight is 623 g/mol. The SMILES string of the molecule is CC(C)c1ccc(Oc2ccc([As]c3nc(NC4CCN(C)CC4)nc4c(Br)c[nH]c(=O)c34)cc2)cc1. The Hall–Kier alpha value is -2.67. The molecule has 0 atom stereocenters. The summed E-state index contributed by atoms with van der Waals surface area (Å²) in [5, 5.41) is 4.08. The van der Waals surface area contributed by atoms with E-state index in [4.69, 9.17) is 14.7 Å². The fourth-order valence-corrected chi connectivity index (χ4v) is 6.86. The number of fused-ring (bicyclic) bond motifs is 1. The predicted octanol–water partition coefficient (Wildman–Crippen LogP) is 4.16. The summed E-state index contributed by atoms with van der Waals surface area (Å²) in [5.41, 5.74) is 1.76. The van der Waals surface area contributed by atoms with Crippen LogP contribution in [0.4, 0.5) is 5.95 Å². The van der Waals surface area contributed by atoms with Crippen molar-refractivity contribution in [1.29, 1.82) is 0 Å². The van der Waals surface area contributed by atoms with Gasteiger partial charge in [-0.15, -0.1) is 0 Å². The van der Waals surface area contributed by atoms with E-state index in [1.54, 1.807) is 6.20 Å². The van der Waals surface area contributed by atoms with Gasteiger partial charge in [-0.25, -0.2) is 0 Å². The van der Waals surface area contributed by atoms with Crippen LogP contribution in [-0.4, -0.2) is 61.8 Å². The number of ether oxygens (including phenoxy) is 1. The summed E-state index contributed by atoms with van der Waals surface area (Å²) >= 11 is 3.02. The molecule has 191 valence electrons. The van der Waals surface area contributed by atoms with Gasteiger partial charge in [-0.05, 0) is 0 Å². The Balaban J connectivity index is 1.38. The Bertz CT molecular complexity index is 1430. The van der Waals surface area contributed by atoms with Crippen LogP contribution in [0.5, 0.6) is 11.5 Å². The zero-order valence-electron chi connectivity index (χ0n) is 21.2. The fraction of sp³-hybridized carbons (Fsp3) is 0.321. The fourth-order valence-electron chi connectivity index (χ4n) is 4.35. The summed E-state index contributed by atoms with van der Waals surface area (Å²) in [5.74, 6) is 2.67. The van der Waals surface area contributed by atoms with Crippen LogP contribution >= 0.6 is 15.9 Å². The van der Waals surface area contributed by atoms with Crippen LogP contribution in [0.3, 0.4) is 0 Å². The number of pyridine rings is 1. The van der Waals surface area contributed by atoms with Crippen LogP contribution in [0.1, 0.15) is 38.2 Å². The maximum absolute atomic E-state index is 12.8. The van der Waals surface area contributed by atoms with Gasteiger partial charge in [0.15, 0.2) is 0 Å². The van der Waals surface area contributed by atoms with Crippen molar-refractivity contribution >= 4 is 57.4 Å². The zero-order valence-corrected chi connectivity index (χ0v) is 24.6. The first-order valence-corrected chi connectivity index (χ1v) is 15.2. The molecule has 9 heteroatoms. The van der Waals surface area contributed by atoms with E-state index >= 15 is 0 Å². The number of benzene rings is 2. The quantitative estimate of drug-likeness (QED) is 0.301. The molecule has 0 unspecified atom stereocenters. The molecular formula is C28H30AsBrN5O2. The van der Waals surface area contributed by atoms with Gasteiger partial charge >= 0.3 is 233 Å². The van der Waals surface area contributed by atoms with Gasteiger partial charge in [0, 0.05) is 0 Å². The topological polar surface area (TPSA) is 83.1 Å². The predicted molar refractivity (Wildman–Crippen MR) is 154 cm³/mol. The molecule has 0 amide bonds. The number of aromatic nitrogens is 3. The van der Waals surface area contributed by atoms with Crippen LogP contribution in [0.15, 0.2) is 64.0 Å². The number of rotatable bonds is 7. The Morgan fingerprint density at radius 2 is 1.70 bits per heavy atom. The minimum absolute atomic E-state index is 0.167. The van der Waals surface area contributed by atoms with Crippen molar-refractivity contribution < 1.29 is 4.74 Å². The van der Waals surface area contributed by atoms with Gasteiger partial charge in [0.25, 0.3) is 0 Å². The molecule has 2 aromatic carbocycles. The van der Waals surface area contributed by atoms with Gasteiger partial charge in [0.05, 0.1) is 0 Å². The van der Waals surface area contributed by atoms with Crippen molar-refractivity contribution in [2.24, 2.45) is 0 Å². The molecule has 4 aromatic rings. The normalized spacial score (nSPS) is 15.2. The molecular weight excluding hydrogens is 593 g/mol. The zero-order chi connectivity index (χ0) is 25.9. The summed E-state index contributed by atoms with van der Waals surface area (Å²) in [6.07, 6.45) is 3.73. The minimum atomic E-state index is -0.550. The molecule has 0 bridgehead atoms. The molecule has 37 heavy (non-hydrogen) atoms. The molecule has 1 saturated heterocycles. The Labute approximate surface area is 231 Å². The molecule has 0 spiro atoms. The summed E-state index contributed by atoms with van der Waals surface area (Å²) in [4.78, 5) is 27.5. The number of aromatic amines is 1. The van der Waals surface area contributed by atoms with Gasteiger partial charge in [0.2, 0.25) is 0 Å². The van der Waals surface area contributed by atoms with Crippen LogP contribution in [0, 0.1) is 0 Å². The molecule has 1 aliphatic rings. The van der Waals surface area contributed by atoms with E-state index in [0.29, 0.717) is 28.8 Å². The maximum atomic E-state index is 12.8. The number of anilines is 1. The molecule has 1 fully saturated rings. The third kappa shape index (κ3) is 6.25. The number of H-pyrrole nitrogens is 1. The van der Waals surface area contributed by atoms with E-state index in [9.17, 15) is 4.79 Å². The van der Waals surface area contributed by atoms with Crippen LogP contribution in [-0.2, 0) is 0 Å².